The Morgan fingerprint density at radius 2 is 1.92 bits per heavy atom. The number of hydrogen-bond acceptors (Lipinski definition) is 3. The Labute approximate surface area is 144 Å². The van der Waals surface area contributed by atoms with E-state index in [1.807, 2.05) is 6.92 Å². The summed E-state index contributed by atoms with van der Waals surface area (Å²) in [7, 11) is 0. The van der Waals surface area contributed by atoms with Gasteiger partial charge in [-0.05, 0) is 74.2 Å². The van der Waals surface area contributed by atoms with E-state index >= 15 is 0 Å². The smallest absolute Gasteiger partial charge is 0.119 e. The van der Waals surface area contributed by atoms with Gasteiger partial charge in [0.2, 0.25) is 0 Å². The molecular weight excluding hydrogens is 296 g/mol. The first-order valence-corrected chi connectivity index (χ1v) is 9.20. The molecule has 0 bridgehead atoms. The van der Waals surface area contributed by atoms with E-state index in [1.54, 1.807) is 0 Å². The molecule has 3 heteroatoms. The van der Waals surface area contributed by atoms with Crippen LogP contribution in [0, 0.1) is 0 Å². The van der Waals surface area contributed by atoms with Gasteiger partial charge in [-0.3, -0.25) is 0 Å². The molecule has 2 aliphatic rings. The van der Waals surface area contributed by atoms with Crippen molar-refractivity contribution >= 4 is 5.69 Å². The zero-order valence-corrected chi connectivity index (χ0v) is 14.3. The van der Waals surface area contributed by atoms with E-state index in [2.05, 4.69) is 53.1 Å². The standard InChI is InChI=1S/C21H26N2O/c1-2-24-16-10-8-15(9-11-16)17-5-3-6-20-21(17)18-12-14-22-13-4-7-19(18)23-20/h3,5-6,8-11,18-19,22-23H,2,4,7,12-14H2,1H3. The molecule has 2 aromatic carbocycles. The summed E-state index contributed by atoms with van der Waals surface area (Å²) in [6.45, 7) is 4.99. The molecule has 2 unspecified atom stereocenters. The number of nitrogens with one attached hydrogen (secondary N) is 2. The summed E-state index contributed by atoms with van der Waals surface area (Å²) >= 11 is 0. The highest BCUT2D eigenvalue weighted by Gasteiger charge is 2.34. The van der Waals surface area contributed by atoms with E-state index in [-0.39, 0.29) is 0 Å². The molecule has 2 aromatic rings. The minimum Gasteiger partial charge on any atom is -0.494 e. The first kappa shape index (κ1) is 15.5. The normalized spacial score (nSPS) is 22.7. The van der Waals surface area contributed by atoms with Crippen LogP contribution in [0.2, 0.25) is 0 Å². The Balaban J connectivity index is 1.70. The monoisotopic (exact) mass is 322 g/mol. The van der Waals surface area contributed by atoms with Gasteiger partial charge in [0.25, 0.3) is 0 Å². The van der Waals surface area contributed by atoms with E-state index in [0.29, 0.717) is 18.6 Å². The molecule has 1 saturated heterocycles. The van der Waals surface area contributed by atoms with E-state index in [1.165, 1.54) is 41.6 Å². The van der Waals surface area contributed by atoms with Crippen molar-refractivity contribution in [3.63, 3.8) is 0 Å². The Kier molecular flexibility index (Phi) is 4.44. The lowest BCUT2D eigenvalue weighted by Gasteiger charge is -2.24. The van der Waals surface area contributed by atoms with Gasteiger partial charge in [0.05, 0.1) is 6.61 Å². The molecule has 126 valence electrons. The molecule has 2 heterocycles. The fourth-order valence-electron chi connectivity index (χ4n) is 4.19. The SMILES string of the molecule is CCOc1ccc(-c2cccc3c2C2CCNCCCC2N3)cc1. The maximum absolute atomic E-state index is 5.59. The number of hydrogen-bond donors (Lipinski definition) is 2. The summed E-state index contributed by atoms with van der Waals surface area (Å²) < 4.78 is 5.59. The van der Waals surface area contributed by atoms with Crippen LogP contribution in [0.15, 0.2) is 42.5 Å². The summed E-state index contributed by atoms with van der Waals surface area (Å²) in [5.74, 6) is 1.55. The lowest BCUT2D eigenvalue weighted by molar-refractivity contribution is 0.340. The van der Waals surface area contributed by atoms with E-state index in [4.69, 9.17) is 4.74 Å². The molecule has 2 N–H and O–H groups in total. The Morgan fingerprint density at radius 1 is 1.04 bits per heavy atom. The van der Waals surface area contributed by atoms with Gasteiger partial charge in [0.15, 0.2) is 0 Å². The lowest BCUT2D eigenvalue weighted by Crippen LogP contribution is -2.29. The Bertz CT molecular complexity index is 695. The van der Waals surface area contributed by atoms with Crippen LogP contribution in [0.5, 0.6) is 5.75 Å². The quantitative estimate of drug-likeness (QED) is 0.878. The predicted molar refractivity (Wildman–Crippen MR) is 99.9 cm³/mol. The van der Waals surface area contributed by atoms with Crippen LogP contribution < -0.4 is 15.4 Å². The molecule has 2 aliphatic heterocycles. The third kappa shape index (κ3) is 2.89. The predicted octanol–water partition coefficient (Wildman–Crippen LogP) is 4.40. The lowest BCUT2D eigenvalue weighted by atomic mass is 9.84. The average Bonchev–Trinajstić information content (AvgIpc) is 2.92. The second kappa shape index (κ2) is 6.86. The molecule has 4 rings (SSSR count). The first-order valence-electron chi connectivity index (χ1n) is 9.20. The molecule has 0 radical (unpaired) electrons. The molecule has 1 fully saturated rings. The number of anilines is 1. The minimum atomic E-state index is 0.589. The highest BCUT2D eigenvalue weighted by atomic mass is 16.5. The maximum Gasteiger partial charge on any atom is 0.119 e. The summed E-state index contributed by atoms with van der Waals surface area (Å²) in [6, 6.07) is 15.8. The van der Waals surface area contributed by atoms with Gasteiger partial charge in [0, 0.05) is 17.6 Å². The number of ether oxygens (including phenoxy) is 1. The molecule has 0 saturated carbocycles. The summed E-state index contributed by atoms with van der Waals surface area (Å²) in [4.78, 5) is 0. The van der Waals surface area contributed by atoms with Gasteiger partial charge in [-0.25, -0.2) is 0 Å². The van der Waals surface area contributed by atoms with Crippen LogP contribution in [0.4, 0.5) is 5.69 Å². The van der Waals surface area contributed by atoms with Crippen molar-refractivity contribution in [2.75, 3.05) is 25.0 Å². The van der Waals surface area contributed by atoms with Crippen LogP contribution in [0.3, 0.4) is 0 Å². The molecule has 2 atom stereocenters. The van der Waals surface area contributed by atoms with Crippen LogP contribution >= 0.6 is 0 Å². The van der Waals surface area contributed by atoms with Crippen LogP contribution in [0.25, 0.3) is 11.1 Å². The molecule has 0 spiro atoms. The van der Waals surface area contributed by atoms with Gasteiger partial charge >= 0.3 is 0 Å². The van der Waals surface area contributed by atoms with Crippen molar-refractivity contribution in [3.05, 3.63) is 48.0 Å². The molecule has 0 aromatic heterocycles. The summed E-state index contributed by atoms with van der Waals surface area (Å²) in [6.07, 6.45) is 3.70. The van der Waals surface area contributed by atoms with E-state index in [9.17, 15) is 0 Å². The second-order valence-corrected chi connectivity index (χ2v) is 6.76. The van der Waals surface area contributed by atoms with Gasteiger partial charge < -0.3 is 15.4 Å². The molecule has 0 aliphatic carbocycles. The topological polar surface area (TPSA) is 33.3 Å². The van der Waals surface area contributed by atoms with Crippen molar-refractivity contribution in [3.8, 4) is 16.9 Å². The zero-order valence-electron chi connectivity index (χ0n) is 14.3. The average molecular weight is 322 g/mol. The third-order valence-electron chi connectivity index (χ3n) is 5.28. The molecular formula is C21H26N2O. The highest BCUT2D eigenvalue weighted by molar-refractivity contribution is 5.78. The number of rotatable bonds is 3. The molecule has 3 nitrogen and oxygen atoms in total. The van der Waals surface area contributed by atoms with Gasteiger partial charge in [-0.1, -0.05) is 24.3 Å². The fourth-order valence-corrected chi connectivity index (χ4v) is 4.19. The van der Waals surface area contributed by atoms with Gasteiger partial charge in [0.1, 0.15) is 5.75 Å². The molecule has 0 amide bonds. The first-order chi connectivity index (χ1) is 11.9. The zero-order chi connectivity index (χ0) is 16.4. The van der Waals surface area contributed by atoms with Crippen molar-refractivity contribution < 1.29 is 4.74 Å². The van der Waals surface area contributed by atoms with Crippen molar-refractivity contribution in [1.82, 2.24) is 5.32 Å². The maximum atomic E-state index is 5.59. The minimum absolute atomic E-state index is 0.589. The Morgan fingerprint density at radius 3 is 2.75 bits per heavy atom. The van der Waals surface area contributed by atoms with Crippen molar-refractivity contribution in [2.24, 2.45) is 0 Å². The number of fused-ring (bicyclic) bond motifs is 3. The van der Waals surface area contributed by atoms with E-state index < -0.39 is 0 Å². The van der Waals surface area contributed by atoms with Crippen LogP contribution in [0.1, 0.15) is 37.7 Å². The van der Waals surface area contributed by atoms with Gasteiger partial charge in [-0.2, -0.15) is 0 Å². The third-order valence-corrected chi connectivity index (χ3v) is 5.28. The van der Waals surface area contributed by atoms with Crippen molar-refractivity contribution in [1.29, 1.82) is 0 Å². The fraction of sp³-hybridized carbons (Fsp3) is 0.429. The van der Waals surface area contributed by atoms with Gasteiger partial charge in [-0.15, -0.1) is 0 Å². The molecule has 24 heavy (non-hydrogen) atoms. The largest absolute Gasteiger partial charge is 0.494 e. The number of benzene rings is 2. The Hall–Kier alpha value is -2.00. The van der Waals surface area contributed by atoms with Crippen LogP contribution in [-0.2, 0) is 0 Å². The van der Waals surface area contributed by atoms with E-state index in [0.717, 1.165) is 18.8 Å². The van der Waals surface area contributed by atoms with Crippen molar-refractivity contribution in [2.45, 2.75) is 38.1 Å². The highest BCUT2D eigenvalue weighted by Crippen LogP contribution is 2.45. The second-order valence-electron chi connectivity index (χ2n) is 6.76. The summed E-state index contributed by atoms with van der Waals surface area (Å²) in [5.41, 5.74) is 5.50. The summed E-state index contributed by atoms with van der Waals surface area (Å²) in [5, 5.41) is 7.36. The van der Waals surface area contributed by atoms with Crippen LogP contribution in [-0.4, -0.2) is 25.7 Å².